The highest BCUT2D eigenvalue weighted by molar-refractivity contribution is 6.31. The van der Waals surface area contributed by atoms with Gasteiger partial charge in [0.05, 0.1) is 18.7 Å². The molecule has 0 aromatic heterocycles. The molecule has 6 heteroatoms. The van der Waals surface area contributed by atoms with Crippen molar-refractivity contribution in [1.82, 2.24) is 0 Å². The Bertz CT molecular complexity index is 2880. The summed E-state index contributed by atoms with van der Waals surface area (Å²) in [5.74, 6) is 4.90. The van der Waals surface area contributed by atoms with Crippen molar-refractivity contribution in [2.75, 3.05) is 7.11 Å². The van der Waals surface area contributed by atoms with Crippen LogP contribution in [0.2, 0.25) is 5.02 Å². The lowest BCUT2D eigenvalue weighted by molar-refractivity contribution is -0.0505. The number of benzene rings is 7. The van der Waals surface area contributed by atoms with E-state index >= 15 is 0 Å². The summed E-state index contributed by atoms with van der Waals surface area (Å²) in [6, 6.07) is 48.2. The maximum Gasteiger partial charge on any atom is 0.387 e. The Kier molecular flexibility index (Phi) is 38.1. The maximum absolute atomic E-state index is 12.1. The van der Waals surface area contributed by atoms with E-state index in [-0.39, 0.29) is 36.5 Å². The molecule has 470 valence electrons. The van der Waals surface area contributed by atoms with E-state index in [4.69, 9.17) is 21.6 Å². The molecule has 7 aromatic rings. The van der Waals surface area contributed by atoms with Crippen molar-refractivity contribution >= 4 is 11.6 Å². The quantitative estimate of drug-likeness (QED) is 0.137. The van der Waals surface area contributed by atoms with Gasteiger partial charge in [0.2, 0.25) is 0 Å². The Morgan fingerprint density at radius 2 is 0.675 bits per heavy atom. The third-order valence-corrected chi connectivity index (χ3v) is 13.9. The summed E-state index contributed by atoms with van der Waals surface area (Å²) >= 11 is 6.02. The normalized spacial score (nSPS) is 10.3. The SMILES string of the molecule is C.C.COc1cc(C)ccc1C(C)C.Cc1ccc(C(C)C)c(C#N)c1.Cc1ccc(C(C)C)c(C)c1.Cc1ccc(C(C)C)c(C)c1.Cc1ccc(C(C)C)c(Cl)c1.Cc1ccc(C(C)C)c(OC(F)F)c1.Cc1ccc(C(C)C)cc1.[2HH].[2HH].[2HH].[2HH].[2HH].[2HH].[2HH]. The third-order valence-electron chi connectivity index (χ3n) is 13.6. The number of hydrogen-bond donors (Lipinski definition) is 0. The minimum Gasteiger partial charge on any atom is -0.496 e. The van der Waals surface area contributed by atoms with Gasteiger partial charge in [0, 0.05) is 15.0 Å². The molecule has 0 N–H and O–H groups in total. The number of hydrogen-bond acceptors (Lipinski definition) is 3. The Balaban J connectivity index is -0.000000120. The number of aryl methyl sites for hydroxylation is 9. The molecule has 83 heavy (non-hydrogen) atoms. The van der Waals surface area contributed by atoms with Crippen LogP contribution in [-0.4, -0.2) is 13.7 Å². The first-order valence-electron chi connectivity index (χ1n) is 29.0. The fourth-order valence-corrected chi connectivity index (χ4v) is 9.33. The first-order chi connectivity index (χ1) is 37.8. The molecular formula is C77H124ClF2NO2. The second kappa shape index (κ2) is 40.1. The number of nitriles is 1. The Morgan fingerprint density at radius 3 is 1.00 bits per heavy atom. The van der Waals surface area contributed by atoms with E-state index in [1.165, 1.54) is 66.8 Å². The van der Waals surface area contributed by atoms with E-state index in [9.17, 15) is 8.78 Å². The Labute approximate surface area is 522 Å². The average Bonchev–Trinajstić information content (AvgIpc) is 3.48. The monoisotopic (exact) mass is 1170 g/mol. The highest BCUT2D eigenvalue weighted by atomic mass is 35.5. The van der Waals surface area contributed by atoms with Crippen LogP contribution in [0.5, 0.6) is 11.5 Å². The van der Waals surface area contributed by atoms with Gasteiger partial charge in [-0.3, -0.25) is 0 Å². The minimum absolute atomic E-state index is 0. The zero-order valence-corrected chi connectivity index (χ0v) is 55.0. The summed E-state index contributed by atoms with van der Waals surface area (Å²) in [6.45, 7) is 46.1. The van der Waals surface area contributed by atoms with Crippen molar-refractivity contribution in [2.45, 2.75) is 222 Å². The summed E-state index contributed by atoms with van der Waals surface area (Å²) in [5, 5.41) is 9.73. The van der Waals surface area contributed by atoms with Crippen molar-refractivity contribution in [3.63, 3.8) is 0 Å². The molecule has 0 heterocycles. The van der Waals surface area contributed by atoms with E-state index < -0.39 is 6.61 Å². The van der Waals surface area contributed by atoms with Crippen LogP contribution in [0.15, 0.2) is 133 Å². The van der Waals surface area contributed by atoms with Gasteiger partial charge in [-0.05, 0) is 200 Å². The van der Waals surface area contributed by atoms with Gasteiger partial charge >= 0.3 is 6.61 Å². The highest BCUT2D eigenvalue weighted by Crippen LogP contribution is 2.30. The fourth-order valence-electron chi connectivity index (χ4n) is 8.88. The number of alkyl halides is 2. The molecule has 0 radical (unpaired) electrons. The molecule has 0 unspecified atom stereocenters. The van der Waals surface area contributed by atoms with Crippen molar-refractivity contribution < 1.29 is 28.2 Å². The van der Waals surface area contributed by atoms with Gasteiger partial charge in [-0.15, -0.1) is 0 Å². The maximum atomic E-state index is 12.1. The molecule has 0 atom stereocenters. The van der Waals surface area contributed by atoms with Crippen molar-refractivity contribution in [1.29, 1.82) is 5.26 Å². The fraction of sp³-hybridized carbons (Fsp3) is 0.442. The second-order valence-electron chi connectivity index (χ2n) is 23.6. The minimum atomic E-state index is -2.76. The average molecular weight is 1180 g/mol. The topological polar surface area (TPSA) is 42.2 Å². The number of rotatable bonds is 10. The molecular weight excluding hydrogens is 1040 g/mol. The Hall–Kier alpha value is -6.22. The number of methoxy groups -OCH3 is 1. The van der Waals surface area contributed by atoms with Crippen LogP contribution in [-0.2, 0) is 0 Å². The third kappa shape index (κ3) is 29.7. The van der Waals surface area contributed by atoms with Gasteiger partial charge in [-0.25, -0.2) is 0 Å². The molecule has 0 saturated carbocycles. The molecule has 0 aliphatic rings. The van der Waals surface area contributed by atoms with Crippen LogP contribution in [0.1, 0.15) is 258 Å². The molecule has 0 saturated heterocycles. The lowest BCUT2D eigenvalue weighted by Gasteiger charge is -2.13. The van der Waals surface area contributed by atoms with E-state index in [0.29, 0.717) is 35.5 Å². The predicted octanol–water partition coefficient (Wildman–Crippen LogP) is 26.6. The molecule has 0 aliphatic heterocycles. The zero-order chi connectivity index (χ0) is 61.8. The number of nitrogens with zero attached hydrogens (tertiary/aromatic N) is 1. The van der Waals surface area contributed by atoms with Crippen molar-refractivity contribution in [3.05, 3.63) is 233 Å². The number of ether oxygens (including phenoxy) is 2. The van der Waals surface area contributed by atoms with Crippen LogP contribution in [0.25, 0.3) is 0 Å². The predicted molar refractivity (Wildman–Crippen MR) is 378 cm³/mol. The van der Waals surface area contributed by atoms with Gasteiger partial charge in [0.1, 0.15) is 11.5 Å². The molecule has 7 aromatic carbocycles. The van der Waals surface area contributed by atoms with E-state index in [1.54, 1.807) is 13.2 Å². The van der Waals surface area contributed by atoms with Crippen LogP contribution >= 0.6 is 11.6 Å². The summed E-state index contributed by atoms with van der Waals surface area (Å²) in [6.07, 6.45) is 0. The van der Waals surface area contributed by atoms with Crippen molar-refractivity contribution in [2.24, 2.45) is 0 Å². The van der Waals surface area contributed by atoms with Gasteiger partial charge in [0.15, 0.2) is 0 Å². The number of halogens is 3. The van der Waals surface area contributed by atoms with Crippen LogP contribution in [0, 0.1) is 73.6 Å². The lowest BCUT2D eigenvalue weighted by atomic mass is 9.96. The molecule has 0 fully saturated rings. The summed E-state index contributed by atoms with van der Waals surface area (Å²) in [5.41, 5.74) is 21.1. The van der Waals surface area contributed by atoms with Crippen LogP contribution in [0.3, 0.4) is 0 Å². The largest absolute Gasteiger partial charge is 0.496 e. The summed E-state index contributed by atoms with van der Waals surface area (Å²) in [4.78, 5) is 0. The molecule has 0 bridgehead atoms. The smallest absolute Gasteiger partial charge is 0.387 e. The van der Waals surface area contributed by atoms with Gasteiger partial charge in [-0.1, -0.05) is 249 Å². The molecule has 0 aliphatic carbocycles. The van der Waals surface area contributed by atoms with E-state index in [2.05, 4.69) is 239 Å². The zero-order valence-electron chi connectivity index (χ0n) is 54.2. The Morgan fingerprint density at radius 1 is 0.373 bits per heavy atom. The van der Waals surface area contributed by atoms with Crippen molar-refractivity contribution in [3.8, 4) is 17.6 Å². The lowest BCUT2D eigenvalue weighted by Crippen LogP contribution is -2.05. The van der Waals surface area contributed by atoms with Crippen LogP contribution < -0.4 is 9.47 Å². The van der Waals surface area contributed by atoms with Crippen LogP contribution in [0.4, 0.5) is 8.78 Å². The summed E-state index contributed by atoms with van der Waals surface area (Å²) in [7, 11) is 1.72. The molecule has 0 spiro atoms. The standard InChI is InChI=1S/C11H14F2O.C11H13N.C11H16O.2C11H16.C10H13Cl.C10H14.2CH4.7H2/c1-7(2)9-5-4-8(3)6-10(9)14-11(12)13;1-8(2)11-5-4-9(3)6-10(11)7-12;1-8(2)10-6-5-9(3)7-11(10)12-4;2*1-8(2)11-6-5-9(3)7-10(11)4;1-7(2)9-5-4-8(3)6-10(9)11;1-8(2)10-6-4-9(3)5-7-10;;;;;;;;;/h4-7,11H,1-3H3;4-6,8H,1-3H3;5-8H,1-4H3;2*5-8H,1-4H3;4-7H,1-3H3;4-8H,1-3H3;2*1H4;7*1H/i;;;;;;;;;7*1+1. The van der Waals surface area contributed by atoms with Gasteiger partial charge in [-0.2, -0.15) is 14.0 Å². The molecule has 7 rings (SSSR count). The van der Waals surface area contributed by atoms with Gasteiger partial charge < -0.3 is 9.47 Å². The highest BCUT2D eigenvalue weighted by Gasteiger charge is 2.13. The first-order valence-corrected chi connectivity index (χ1v) is 29.4. The molecule has 3 nitrogen and oxygen atoms in total. The van der Waals surface area contributed by atoms with E-state index in [1.807, 2.05) is 58.0 Å². The molecule has 0 amide bonds. The van der Waals surface area contributed by atoms with Gasteiger partial charge in [0.25, 0.3) is 0 Å². The first kappa shape index (κ1) is 78.8. The summed E-state index contributed by atoms with van der Waals surface area (Å²) < 4.78 is 33.9. The second-order valence-corrected chi connectivity index (χ2v) is 24.0. The van der Waals surface area contributed by atoms with E-state index in [0.717, 1.165) is 38.6 Å².